The van der Waals surface area contributed by atoms with E-state index < -0.39 is 0 Å². The molecule has 0 aromatic carbocycles. The molecule has 0 atom stereocenters. The summed E-state index contributed by atoms with van der Waals surface area (Å²) in [4.78, 5) is 3.56. The highest BCUT2D eigenvalue weighted by molar-refractivity contribution is 7.87. The van der Waals surface area contributed by atoms with Crippen LogP contribution in [0.1, 0.15) is 0 Å². The quantitative estimate of drug-likeness (QED) is 0.509. The summed E-state index contributed by atoms with van der Waals surface area (Å²) < 4.78 is 0. The molecule has 30 valence electrons. The molecule has 0 fully saturated rings. The van der Waals surface area contributed by atoms with Gasteiger partial charge in [0.1, 0.15) is 0 Å². The zero-order valence-corrected chi connectivity index (χ0v) is 4.60. The zero-order chi connectivity index (χ0) is 4.24. The first-order valence-corrected chi connectivity index (χ1v) is 3.83. The normalized spacial score (nSPS) is 10.7. The second-order valence-electron chi connectivity index (χ2n) is 0.615. The SMILES string of the molecule is c1nnnpp1. The van der Waals surface area contributed by atoms with Crippen LogP contribution in [-0.4, -0.2) is 15.2 Å². The van der Waals surface area contributed by atoms with Crippen LogP contribution in [0.25, 0.3) is 0 Å². The molecule has 1 aromatic rings. The lowest BCUT2D eigenvalue weighted by Crippen LogP contribution is -1.70. The molecule has 6 heavy (non-hydrogen) atoms. The lowest BCUT2D eigenvalue weighted by Gasteiger charge is -1.65. The summed E-state index contributed by atoms with van der Waals surface area (Å²) in [5, 5.41) is 6.84. The predicted octanol–water partition coefficient (Wildman–Crippen LogP) is 1.03. The highest BCUT2D eigenvalue weighted by atomic mass is 31.8. The van der Waals surface area contributed by atoms with E-state index in [0.717, 1.165) is 15.9 Å². The van der Waals surface area contributed by atoms with Gasteiger partial charge in [-0.25, -0.2) is 0 Å². The maximum absolute atomic E-state index is 3.56. The molecule has 1 aromatic heterocycles. The molecule has 0 spiro atoms. The van der Waals surface area contributed by atoms with Gasteiger partial charge in [0.15, 0.2) is 0 Å². The molecular weight excluding hydrogens is 116 g/mol. The van der Waals surface area contributed by atoms with Crippen molar-refractivity contribution in [3.8, 4) is 0 Å². The Balaban J connectivity index is 3.00. The third kappa shape index (κ3) is 0.925. The van der Waals surface area contributed by atoms with E-state index >= 15 is 0 Å². The van der Waals surface area contributed by atoms with Crippen LogP contribution in [0.15, 0.2) is 5.93 Å². The molecule has 0 amide bonds. The van der Waals surface area contributed by atoms with Crippen molar-refractivity contribution in [1.29, 1.82) is 0 Å². The molecule has 5 heteroatoms. The van der Waals surface area contributed by atoms with Gasteiger partial charge in [0.2, 0.25) is 0 Å². The number of hydrogen-bond donors (Lipinski definition) is 0. The first kappa shape index (κ1) is 4.04. The topological polar surface area (TPSA) is 38.7 Å². The van der Waals surface area contributed by atoms with Gasteiger partial charge in [-0.15, -0.1) is 9.96 Å². The van der Waals surface area contributed by atoms with Crippen molar-refractivity contribution in [2.45, 2.75) is 0 Å². The molecule has 0 saturated carbocycles. The molecule has 0 bridgehead atoms. The molecule has 3 nitrogen and oxygen atoms in total. The van der Waals surface area contributed by atoms with Gasteiger partial charge in [-0.1, -0.05) is 0 Å². The summed E-state index contributed by atoms with van der Waals surface area (Å²) in [7, 11) is 2.10. The van der Waals surface area contributed by atoms with Crippen LogP contribution in [0.3, 0.4) is 0 Å². The van der Waals surface area contributed by atoms with E-state index in [2.05, 4.69) is 15.2 Å². The largest absolute Gasteiger partial charge is 0.133 e. The van der Waals surface area contributed by atoms with Crippen LogP contribution in [0, 0.1) is 0 Å². The molecule has 0 aliphatic heterocycles. The van der Waals surface area contributed by atoms with Gasteiger partial charge in [0, 0.05) is 7.87 Å². The van der Waals surface area contributed by atoms with Gasteiger partial charge in [0.05, 0.1) is 14.0 Å². The van der Waals surface area contributed by atoms with Crippen molar-refractivity contribution < 1.29 is 0 Å². The molecule has 0 saturated heterocycles. The fourth-order valence-corrected chi connectivity index (χ4v) is 0.923. The Hall–Kier alpha value is -0.130. The van der Waals surface area contributed by atoms with Crippen molar-refractivity contribution in [3.63, 3.8) is 0 Å². The third-order valence-corrected chi connectivity index (χ3v) is 1.62. The molecule has 0 aliphatic carbocycles. The van der Waals surface area contributed by atoms with E-state index in [4.69, 9.17) is 0 Å². The minimum Gasteiger partial charge on any atom is -0.133 e. The molecule has 1 rings (SSSR count). The highest BCUT2D eigenvalue weighted by Crippen LogP contribution is 2.07. The maximum atomic E-state index is 3.56. The van der Waals surface area contributed by atoms with Crippen molar-refractivity contribution in [1.82, 2.24) is 15.2 Å². The maximum Gasteiger partial charge on any atom is 0.0987 e. The first-order valence-electron chi connectivity index (χ1n) is 1.32. The standard InChI is InChI=1S/CHN3P2/c1-2-3-4-6-5-1/h1H. The van der Waals surface area contributed by atoms with Gasteiger partial charge in [-0.3, -0.25) is 0 Å². The summed E-state index contributed by atoms with van der Waals surface area (Å²) in [5.41, 5.74) is 0. The average Bonchev–Trinajstić information content (AvgIpc) is 1.72. The Kier molecular flexibility index (Phi) is 1.43. The predicted molar refractivity (Wildman–Crippen MR) is 24.9 cm³/mol. The van der Waals surface area contributed by atoms with E-state index in [-0.39, 0.29) is 0 Å². The van der Waals surface area contributed by atoms with Gasteiger partial charge >= 0.3 is 0 Å². The Bertz CT molecular complexity index is 80.7. The fourth-order valence-electron chi connectivity index (χ4n) is 0.133. The van der Waals surface area contributed by atoms with Crippen LogP contribution in [-0.2, 0) is 0 Å². The van der Waals surface area contributed by atoms with E-state index in [1.54, 1.807) is 5.93 Å². The molecule has 0 radical (unpaired) electrons. The summed E-state index contributed by atoms with van der Waals surface area (Å²) in [6.07, 6.45) is 0. The Morgan fingerprint density at radius 1 is 1.50 bits per heavy atom. The molecule has 0 unspecified atom stereocenters. The smallest absolute Gasteiger partial charge is 0.0987 e. The molecule has 1 heterocycles. The minimum atomic E-state index is 0.980. The second-order valence-corrected chi connectivity index (χ2v) is 2.66. The number of nitrogens with zero attached hydrogens (tertiary/aromatic N) is 3. The van der Waals surface area contributed by atoms with Crippen molar-refractivity contribution in [2.75, 3.05) is 0 Å². The number of hydrogen-bond acceptors (Lipinski definition) is 3. The van der Waals surface area contributed by atoms with Crippen LogP contribution in [0.2, 0.25) is 0 Å². The highest BCUT2D eigenvalue weighted by Gasteiger charge is 1.63. The van der Waals surface area contributed by atoms with Crippen LogP contribution in [0.4, 0.5) is 0 Å². The number of rotatable bonds is 0. The molecule has 0 aliphatic rings. The zero-order valence-electron chi connectivity index (χ0n) is 2.81. The summed E-state index contributed by atoms with van der Waals surface area (Å²) >= 11 is 0. The summed E-state index contributed by atoms with van der Waals surface area (Å²) in [6, 6.07) is 0. The van der Waals surface area contributed by atoms with Crippen molar-refractivity contribution >= 4 is 15.9 Å². The fraction of sp³-hybridized carbons (Fsp3) is 0. The van der Waals surface area contributed by atoms with Crippen molar-refractivity contribution in [2.24, 2.45) is 0 Å². The summed E-state index contributed by atoms with van der Waals surface area (Å²) in [5.74, 6) is 1.72. The molecule has 0 N–H and O–H groups in total. The second kappa shape index (κ2) is 2.12. The minimum absolute atomic E-state index is 0.980. The monoisotopic (exact) mass is 117 g/mol. The van der Waals surface area contributed by atoms with Gasteiger partial charge in [0.25, 0.3) is 0 Å². The van der Waals surface area contributed by atoms with Gasteiger partial charge < -0.3 is 0 Å². The van der Waals surface area contributed by atoms with E-state index in [1.165, 1.54) is 0 Å². The van der Waals surface area contributed by atoms with Crippen molar-refractivity contribution in [3.05, 3.63) is 5.93 Å². The Morgan fingerprint density at radius 2 is 2.50 bits per heavy atom. The van der Waals surface area contributed by atoms with Crippen LogP contribution >= 0.6 is 15.9 Å². The van der Waals surface area contributed by atoms with E-state index in [0.29, 0.717) is 0 Å². The number of aromatic nitrogens is 3. The Labute approximate surface area is 38.0 Å². The lowest BCUT2D eigenvalue weighted by molar-refractivity contribution is 0.936. The van der Waals surface area contributed by atoms with Gasteiger partial charge in [-0.2, -0.15) is 0 Å². The Morgan fingerprint density at radius 3 is 2.67 bits per heavy atom. The lowest BCUT2D eigenvalue weighted by atomic mass is 11.6. The van der Waals surface area contributed by atoms with Gasteiger partial charge in [-0.05, 0) is 5.21 Å². The first-order chi connectivity index (χ1) is 3.00. The van der Waals surface area contributed by atoms with E-state index in [9.17, 15) is 0 Å². The summed E-state index contributed by atoms with van der Waals surface area (Å²) in [6.45, 7) is 0. The average molecular weight is 117 g/mol. The van der Waals surface area contributed by atoms with Crippen LogP contribution < -0.4 is 0 Å². The molecular formula is CHN3P2. The third-order valence-electron chi connectivity index (χ3n) is 0.287. The van der Waals surface area contributed by atoms with Crippen LogP contribution in [0.5, 0.6) is 0 Å². The van der Waals surface area contributed by atoms with E-state index in [1.807, 2.05) is 0 Å².